The predicted octanol–water partition coefficient (Wildman–Crippen LogP) is 3.70. The highest BCUT2D eigenvalue weighted by atomic mass is 79.9. The van der Waals surface area contributed by atoms with Crippen LogP contribution in [0.5, 0.6) is 0 Å². The van der Waals surface area contributed by atoms with Crippen LogP contribution in [0.15, 0.2) is 28.7 Å². The number of Topliss-reactive ketones (excluding diaryl/α,β-unsaturated/α-hetero) is 1. The average Bonchev–Trinajstić information content (AvgIpc) is 2.26. The Morgan fingerprint density at radius 2 is 1.95 bits per heavy atom. The van der Waals surface area contributed by atoms with Gasteiger partial charge in [-0.05, 0) is 52.3 Å². The Labute approximate surface area is 133 Å². The predicted molar refractivity (Wildman–Crippen MR) is 87.8 cm³/mol. The summed E-state index contributed by atoms with van der Waals surface area (Å²) in [7, 11) is 0. The number of rotatable bonds is 5. The summed E-state index contributed by atoms with van der Waals surface area (Å²) in [6.07, 6.45) is 0.297. The molecule has 0 amide bonds. The third kappa shape index (κ3) is 4.88. The van der Waals surface area contributed by atoms with Gasteiger partial charge in [-0.3, -0.25) is 4.79 Å². The van der Waals surface area contributed by atoms with Crippen LogP contribution in [0, 0.1) is 0 Å². The first-order valence-electron chi connectivity index (χ1n) is 6.50. The third-order valence-corrected chi connectivity index (χ3v) is 5.18. The molecular weight excluding hydrogens is 338 g/mol. The minimum Gasteiger partial charge on any atom is -0.598 e. The van der Waals surface area contributed by atoms with Crippen LogP contribution in [0.3, 0.4) is 0 Å². The number of halogens is 1. The molecule has 0 aliphatic carbocycles. The van der Waals surface area contributed by atoms with Crippen molar-refractivity contribution in [2.75, 3.05) is 0 Å². The van der Waals surface area contributed by atoms with E-state index < -0.39 is 16.9 Å². The zero-order valence-corrected chi connectivity index (χ0v) is 15.0. The van der Waals surface area contributed by atoms with Crippen LogP contribution in [-0.2, 0) is 21.7 Å². The Bertz CT molecular complexity index is 487. The fourth-order valence-electron chi connectivity index (χ4n) is 1.88. The number of hydrogen-bond donors (Lipinski definition) is 1. The Morgan fingerprint density at radius 1 is 1.35 bits per heavy atom. The summed E-state index contributed by atoms with van der Waals surface area (Å²) in [5.41, 5.74) is 0.299. The molecule has 0 spiro atoms. The van der Waals surface area contributed by atoms with Crippen molar-refractivity contribution < 1.29 is 9.35 Å². The van der Waals surface area contributed by atoms with E-state index in [1.165, 1.54) is 0 Å². The molecule has 1 rings (SSSR count). The van der Waals surface area contributed by atoms with Gasteiger partial charge in [0.05, 0.1) is 5.54 Å². The zero-order chi connectivity index (χ0) is 15.6. The topological polar surface area (TPSA) is 52.2 Å². The first-order valence-corrected chi connectivity index (χ1v) is 8.44. The number of ketones is 1. The van der Waals surface area contributed by atoms with E-state index in [1.807, 2.05) is 52.0 Å². The molecule has 0 aromatic heterocycles. The second-order valence-electron chi connectivity index (χ2n) is 6.20. The van der Waals surface area contributed by atoms with Gasteiger partial charge >= 0.3 is 0 Å². The molecule has 3 nitrogen and oxygen atoms in total. The van der Waals surface area contributed by atoms with Gasteiger partial charge in [0.1, 0.15) is 10.5 Å². The molecule has 112 valence electrons. The summed E-state index contributed by atoms with van der Waals surface area (Å²) in [6.45, 7) is 9.19. The number of benzene rings is 1. The average molecular weight is 360 g/mol. The lowest BCUT2D eigenvalue weighted by Gasteiger charge is -2.34. The van der Waals surface area contributed by atoms with Gasteiger partial charge in [0.25, 0.3) is 0 Å². The number of hydrogen-bond acceptors (Lipinski definition) is 3. The second kappa shape index (κ2) is 6.60. The van der Waals surface area contributed by atoms with Gasteiger partial charge in [0, 0.05) is 22.3 Å². The van der Waals surface area contributed by atoms with Crippen molar-refractivity contribution in [1.29, 1.82) is 0 Å². The van der Waals surface area contributed by atoms with Crippen molar-refractivity contribution in [1.82, 2.24) is 4.72 Å². The first kappa shape index (κ1) is 17.7. The maximum Gasteiger partial charge on any atom is 0.136 e. The highest BCUT2D eigenvalue weighted by molar-refractivity contribution is 9.10. The van der Waals surface area contributed by atoms with Crippen LogP contribution in [0.1, 0.15) is 46.6 Å². The number of carbonyl (C=O) groups excluding carboxylic acids is 1. The SMILES string of the molecule is CC(=O)C[C@](C)(N[S+]([O-])C(C)(C)C)c1cccc(Br)c1. The summed E-state index contributed by atoms with van der Waals surface area (Å²) < 4.78 is 16.1. The Kier molecular flexibility index (Phi) is 5.84. The highest BCUT2D eigenvalue weighted by Crippen LogP contribution is 2.30. The van der Waals surface area contributed by atoms with Crippen LogP contribution in [-0.4, -0.2) is 15.1 Å². The van der Waals surface area contributed by atoms with Gasteiger partial charge in [-0.2, -0.15) is 0 Å². The normalized spacial score (nSPS) is 16.6. The molecule has 0 aliphatic heterocycles. The Balaban J connectivity index is 3.13. The molecule has 0 saturated carbocycles. The van der Waals surface area contributed by atoms with E-state index in [9.17, 15) is 9.35 Å². The van der Waals surface area contributed by atoms with Crippen molar-refractivity contribution in [2.45, 2.75) is 51.3 Å². The van der Waals surface area contributed by atoms with Gasteiger partial charge in [-0.15, -0.1) is 4.72 Å². The van der Waals surface area contributed by atoms with Crippen molar-refractivity contribution in [3.8, 4) is 0 Å². The number of carbonyl (C=O) groups is 1. The highest BCUT2D eigenvalue weighted by Gasteiger charge is 2.38. The minimum absolute atomic E-state index is 0.0610. The summed E-state index contributed by atoms with van der Waals surface area (Å²) in [5.74, 6) is 0.0610. The lowest BCUT2D eigenvalue weighted by molar-refractivity contribution is -0.118. The zero-order valence-electron chi connectivity index (χ0n) is 12.6. The fraction of sp³-hybridized carbons (Fsp3) is 0.533. The summed E-state index contributed by atoms with van der Waals surface area (Å²) >= 11 is 2.19. The molecule has 0 aliphatic rings. The molecule has 20 heavy (non-hydrogen) atoms. The van der Waals surface area contributed by atoms with Crippen LogP contribution >= 0.6 is 15.9 Å². The Morgan fingerprint density at radius 3 is 2.40 bits per heavy atom. The van der Waals surface area contributed by atoms with E-state index in [1.54, 1.807) is 6.92 Å². The minimum atomic E-state index is -1.25. The first-order chi connectivity index (χ1) is 9.04. The fourth-order valence-corrected chi connectivity index (χ4v) is 3.19. The molecule has 0 heterocycles. The second-order valence-corrected chi connectivity index (χ2v) is 9.09. The smallest absolute Gasteiger partial charge is 0.136 e. The molecular formula is C15H22BrNO2S. The maximum atomic E-state index is 12.4. The molecule has 5 heteroatoms. The van der Waals surface area contributed by atoms with Crippen molar-refractivity contribution in [3.05, 3.63) is 34.3 Å². The lowest BCUT2D eigenvalue weighted by Crippen LogP contribution is -2.50. The standard InChI is InChI=1S/C15H22BrNO2S/c1-11(18)10-15(5,17-20(19)14(2,3)4)12-7-6-8-13(16)9-12/h6-9,17H,10H2,1-5H3/t15-,20?/m0/s1. The van der Waals surface area contributed by atoms with Gasteiger partial charge < -0.3 is 4.55 Å². The monoisotopic (exact) mass is 359 g/mol. The molecule has 1 unspecified atom stereocenters. The molecule has 2 atom stereocenters. The summed E-state index contributed by atoms with van der Waals surface area (Å²) in [5, 5.41) is 0. The summed E-state index contributed by atoms with van der Waals surface area (Å²) in [6, 6.07) is 7.74. The van der Waals surface area contributed by atoms with Crippen LogP contribution in [0.4, 0.5) is 0 Å². The van der Waals surface area contributed by atoms with Crippen molar-refractivity contribution in [3.63, 3.8) is 0 Å². The molecule has 1 aromatic rings. The van der Waals surface area contributed by atoms with Crippen molar-refractivity contribution in [2.24, 2.45) is 0 Å². The number of nitrogens with one attached hydrogen (secondary N) is 1. The molecule has 0 bridgehead atoms. The summed E-state index contributed by atoms with van der Waals surface area (Å²) in [4.78, 5) is 11.6. The van der Waals surface area contributed by atoms with Gasteiger partial charge in [0.2, 0.25) is 0 Å². The molecule has 1 N–H and O–H groups in total. The van der Waals surface area contributed by atoms with E-state index in [2.05, 4.69) is 20.7 Å². The molecule has 0 saturated heterocycles. The molecule has 0 fully saturated rings. The third-order valence-electron chi connectivity index (χ3n) is 2.94. The molecule has 1 aromatic carbocycles. The van der Waals surface area contributed by atoms with Crippen molar-refractivity contribution >= 4 is 33.1 Å². The lowest BCUT2D eigenvalue weighted by atomic mass is 9.88. The van der Waals surface area contributed by atoms with E-state index in [0.29, 0.717) is 6.42 Å². The molecule has 0 radical (unpaired) electrons. The van der Waals surface area contributed by atoms with E-state index in [-0.39, 0.29) is 10.5 Å². The van der Waals surface area contributed by atoms with Crippen LogP contribution in [0.25, 0.3) is 0 Å². The van der Waals surface area contributed by atoms with E-state index in [4.69, 9.17) is 0 Å². The Hall–Kier alpha value is -0.360. The quantitative estimate of drug-likeness (QED) is 0.815. The van der Waals surface area contributed by atoms with Gasteiger partial charge in [-0.1, -0.05) is 28.1 Å². The van der Waals surface area contributed by atoms with E-state index >= 15 is 0 Å². The maximum absolute atomic E-state index is 12.4. The van der Waals surface area contributed by atoms with Crippen LogP contribution < -0.4 is 4.72 Å². The van der Waals surface area contributed by atoms with Crippen LogP contribution in [0.2, 0.25) is 0 Å². The van der Waals surface area contributed by atoms with Gasteiger partial charge in [-0.25, -0.2) is 0 Å². The van der Waals surface area contributed by atoms with E-state index in [0.717, 1.165) is 10.0 Å². The van der Waals surface area contributed by atoms with Gasteiger partial charge in [0.15, 0.2) is 0 Å². The largest absolute Gasteiger partial charge is 0.598 e.